The van der Waals surface area contributed by atoms with Crippen LogP contribution < -0.4 is 5.73 Å². The van der Waals surface area contributed by atoms with Crippen molar-refractivity contribution in [3.63, 3.8) is 0 Å². The average molecular weight is 223 g/mol. The van der Waals surface area contributed by atoms with Crippen molar-refractivity contribution in [2.75, 3.05) is 0 Å². The zero-order chi connectivity index (χ0) is 12.0. The molecule has 0 aliphatic heterocycles. The Bertz CT molecular complexity index is 288. The van der Waals surface area contributed by atoms with E-state index in [1.165, 1.54) is 37.8 Å². The van der Waals surface area contributed by atoms with E-state index in [1.54, 1.807) is 12.1 Å². The van der Waals surface area contributed by atoms with Crippen LogP contribution in [0.25, 0.3) is 0 Å². The Morgan fingerprint density at radius 1 is 1.12 bits per heavy atom. The van der Waals surface area contributed by atoms with Crippen molar-refractivity contribution in [3.8, 4) is 0 Å². The topological polar surface area (TPSA) is 26.0 Å². The van der Waals surface area contributed by atoms with Crippen LogP contribution in [-0.2, 0) is 0 Å². The van der Waals surface area contributed by atoms with Gasteiger partial charge in [-0.15, -0.1) is 0 Å². The van der Waals surface area contributed by atoms with E-state index in [0.29, 0.717) is 5.92 Å². The number of benzene rings is 1. The van der Waals surface area contributed by atoms with Gasteiger partial charge in [-0.1, -0.05) is 38.8 Å². The van der Waals surface area contributed by atoms with Gasteiger partial charge in [0.25, 0.3) is 0 Å². The summed E-state index contributed by atoms with van der Waals surface area (Å²) in [5.41, 5.74) is 7.20. The maximum absolute atomic E-state index is 12.7. The summed E-state index contributed by atoms with van der Waals surface area (Å²) in [6, 6.07) is 6.68. The summed E-state index contributed by atoms with van der Waals surface area (Å²) in [5, 5.41) is 0. The maximum atomic E-state index is 12.7. The lowest BCUT2D eigenvalue weighted by Gasteiger charge is -2.18. The van der Waals surface area contributed by atoms with E-state index >= 15 is 0 Å². The Labute approximate surface area is 97.9 Å². The molecule has 2 N–H and O–H groups in total. The van der Waals surface area contributed by atoms with Crippen LogP contribution in [-0.4, -0.2) is 0 Å². The quantitative estimate of drug-likeness (QED) is 0.804. The van der Waals surface area contributed by atoms with E-state index in [0.717, 1.165) is 5.56 Å². The summed E-state index contributed by atoms with van der Waals surface area (Å²) in [6.45, 7) is 4.00. The molecule has 1 nitrogen and oxygen atoms in total. The lowest BCUT2D eigenvalue weighted by molar-refractivity contribution is 0.444. The first-order valence-electron chi connectivity index (χ1n) is 6.28. The van der Waals surface area contributed by atoms with Gasteiger partial charge in [0.05, 0.1) is 0 Å². The van der Waals surface area contributed by atoms with Crippen LogP contribution in [0.2, 0.25) is 0 Å². The molecule has 90 valence electrons. The predicted octanol–water partition coefficient (Wildman–Crippen LogP) is 4.04. The molecule has 1 atom stereocenters. The molecule has 2 rings (SSSR count). The van der Waals surface area contributed by atoms with Gasteiger partial charge < -0.3 is 5.73 Å². The number of hydrogen-bond acceptors (Lipinski definition) is 1. The van der Waals surface area contributed by atoms with Crippen LogP contribution in [0.1, 0.15) is 51.1 Å². The molecule has 0 bridgehead atoms. The summed E-state index contributed by atoms with van der Waals surface area (Å²) in [7, 11) is 0. The third-order valence-corrected chi connectivity index (χ3v) is 3.16. The molecule has 0 saturated heterocycles. The molecule has 16 heavy (non-hydrogen) atoms. The highest BCUT2D eigenvalue weighted by atomic mass is 19.1. The lowest BCUT2D eigenvalue weighted by atomic mass is 9.93. The second kappa shape index (κ2) is 6.64. The fourth-order valence-corrected chi connectivity index (χ4v) is 2.27. The molecule has 1 aliphatic rings. The first-order chi connectivity index (χ1) is 7.77. The second-order valence-corrected chi connectivity index (χ2v) is 4.12. The zero-order valence-electron chi connectivity index (χ0n) is 10.2. The first-order valence-corrected chi connectivity index (χ1v) is 6.28. The van der Waals surface area contributed by atoms with Gasteiger partial charge in [-0.05, 0) is 36.5 Å². The SMILES string of the molecule is CC.NC(c1ccc(F)cc1)C1CCCC1. The van der Waals surface area contributed by atoms with Gasteiger partial charge in [0.2, 0.25) is 0 Å². The molecular formula is C14H22FN. The molecule has 1 aromatic rings. The largest absolute Gasteiger partial charge is 0.324 e. The van der Waals surface area contributed by atoms with Gasteiger partial charge in [0.15, 0.2) is 0 Å². The second-order valence-electron chi connectivity index (χ2n) is 4.12. The average Bonchev–Trinajstić information content (AvgIpc) is 2.85. The molecule has 1 fully saturated rings. The summed E-state index contributed by atoms with van der Waals surface area (Å²) >= 11 is 0. The van der Waals surface area contributed by atoms with E-state index in [2.05, 4.69) is 0 Å². The van der Waals surface area contributed by atoms with Crippen molar-refractivity contribution >= 4 is 0 Å². The van der Waals surface area contributed by atoms with Crippen molar-refractivity contribution in [1.82, 2.24) is 0 Å². The molecule has 2 heteroatoms. The monoisotopic (exact) mass is 223 g/mol. The molecule has 1 unspecified atom stereocenters. The van der Waals surface area contributed by atoms with E-state index in [1.807, 2.05) is 13.8 Å². The van der Waals surface area contributed by atoms with Crippen molar-refractivity contribution in [2.45, 2.75) is 45.6 Å². The minimum absolute atomic E-state index is 0.0955. The highest BCUT2D eigenvalue weighted by Gasteiger charge is 2.22. The number of halogens is 1. The summed E-state index contributed by atoms with van der Waals surface area (Å²) in [4.78, 5) is 0. The molecule has 0 spiro atoms. The predicted molar refractivity (Wildman–Crippen MR) is 66.6 cm³/mol. The first kappa shape index (κ1) is 13.2. The molecule has 0 aromatic heterocycles. The highest BCUT2D eigenvalue weighted by molar-refractivity contribution is 5.20. The summed E-state index contributed by atoms with van der Waals surface area (Å²) in [5.74, 6) is 0.410. The fraction of sp³-hybridized carbons (Fsp3) is 0.571. The van der Waals surface area contributed by atoms with E-state index in [9.17, 15) is 4.39 Å². The summed E-state index contributed by atoms with van der Waals surface area (Å²) in [6.07, 6.45) is 5.02. The Balaban J connectivity index is 0.000000606. The van der Waals surface area contributed by atoms with Crippen LogP contribution in [0.4, 0.5) is 4.39 Å². The zero-order valence-corrected chi connectivity index (χ0v) is 10.2. The van der Waals surface area contributed by atoms with Crippen LogP contribution in [0, 0.1) is 11.7 Å². The van der Waals surface area contributed by atoms with Crippen molar-refractivity contribution in [3.05, 3.63) is 35.6 Å². The number of rotatable bonds is 2. The van der Waals surface area contributed by atoms with Gasteiger partial charge in [-0.3, -0.25) is 0 Å². The van der Waals surface area contributed by atoms with Gasteiger partial charge in [-0.2, -0.15) is 0 Å². The lowest BCUT2D eigenvalue weighted by Crippen LogP contribution is -2.18. The third kappa shape index (κ3) is 3.31. The standard InChI is InChI=1S/C12H16FN.C2H6/c13-11-7-5-10(6-8-11)12(14)9-3-1-2-4-9;1-2/h5-9,12H,1-4,14H2;1-2H3. The van der Waals surface area contributed by atoms with Crippen molar-refractivity contribution in [2.24, 2.45) is 11.7 Å². The van der Waals surface area contributed by atoms with Gasteiger partial charge in [0, 0.05) is 6.04 Å². The van der Waals surface area contributed by atoms with Crippen molar-refractivity contribution < 1.29 is 4.39 Å². The molecule has 1 aromatic carbocycles. The van der Waals surface area contributed by atoms with Crippen molar-refractivity contribution in [1.29, 1.82) is 0 Å². The minimum Gasteiger partial charge on any atom is -0.324 e. The molecule has 0 amide bonds. The third-order valence-electron chi connectivity index (χ3n) is 3.16. The molecule has 1 saturated carbocycles. The highest BCUT2D eigenvalue weighted by Crippen LogP contribution is 2.33. The number of nitrogens with two attached hydrogens (primary N) is 1. The Kier molecular flexibility index (Phi) is 5.47. The van der Waals surface area contributed by atoms with Crippen LogP contribution in [0.5, 0.6) is 0 Å². The Morgan fingerprint density at radius 3 is 2.12 bits per heavy atom. The normalized spacial score (nSPS) is 17.8. The van der Waals surface area contributed by atoms with Gasteiger partial charge >= 0.3 is 0 Å². The molecular weight excluding hydrogens is 201 g/mol. The Morgan fingerprint density at radius 2 is 1.62 bits per heavy atom. The Hall–Kier alpha value is -0.890. The minimum atomic E-state index is -0.188. The van der Waals surface area contributed by atoms with Gasteiger partial charge in [-0.25, -0.2) is 4.39 Å². The number of hydrogen-bond donors (Lipinski definition) is 1. The van der Waals surface area contributed by atoms with Crippen LogP contribution >= 0.6 is 0 Å². The van der Waals surface area contributed by atoms with Gasteiger partial charge in [0.1, 0.15) is 5.82 Å². The van der Waals surface area contributed by atoms with Crippen LogP contribution in [0.3, 0.4) is 0 Å². The molecule has 0 radical (unpaired) electrons. The molecule has 1 aliphatic carbocycles. The van der Waals surface area contributed by atoms with E-state index in [-0.39, 0.29) is 11.9 Å². The molecule has 0 heterocycles. The van der Waals surface area contributed by atoms with E-state index < -0.39 is 0 Å². The fourth-order valence-electron chi connectivity index (χ4n) is 2.27. The smallest absolute Gasteiger partial charge is 0.123 e. The van der Waals surface area contributed by atoms with Crippen LogP contribution in [0.15, 0.2) is 24.3 Å². The maximum Gasteiger partial charge on any atom is 0.123 e. The van der Waals surface area contributed by atoms with E-state index in [4.69, 9.17) is 5.73 Å². The summed E-state index contributed by atoms with van der Waals surface area (Å²) < 4.78 is 12.7.